The van der Waals surface area contributed by atoms with Crippen molar-refractivity contribution in [1.82, 2.24) is 5.32 Å². The van der Waals surface area contributed by atoms with Crippen molar-refractivity contribution in [2.75, 3.05) is 5.32 Å². The molecule has 1 aromatic carbocycles. The first-order chi connectivity index (χ1) is 8.93. The highest BCUT2D eigenvalue weighted by atomic mass is 35.5. The highest BCUT2D eigenvalue weighted by Crippen LogP contribution is 2.25. The molecule has 0 fully saturated rings. The fourth-order valence-electron chi connectivity index (χ4n) is 1.77. The summed E-state index contributed by atoms with van der Waals surface area (Å²) in [5, 5.41) is 7.04. The molecule has 3 nitrogen and oxygen atoms in total. The van der Waals surface area contributed by atoms with Crippen LogP contribution in [0.5, 0.6) is 0 Å². The van der Waals surface area contributed by atoms with E-state index in [1.807, 2.05) is 13.8 Å². The van der Waals surface area contributed by atoms with Crippen LogP contribution in [0.3, 0.4) is 0 Å². The Hall–Kier alpha value is -0.930. The number of amides is 1. The third-order valence-corrected chi connectivity index (χ3v) is 3.55. The molecule has 19 heavy (non-hydrogen) atoms. The van der Waals surface area contributed by atoms with Crippen LogP contribution >= 0.6 is 23.2 Å². The third kappa shape index (κ3) is 5.29. The van der Waals surface area contributed by atoms with Crippen molar-refractivity contribution in [3.8, 4) is 0 Å². The molecular formula is C14H20Cl2N2O. The molecule has 2 N–H and O–H groups in total. The summed E-state index contributed by atoms with van der Waals surface area (Å²) in [5.74, 6) is -0.0213. The van der Waals surface area contributed by atoms with Crippen molar-refractivity contribution in [3.05, 3.63) is 28.2 Å². The first-order valence-electron chi connectivity index (χ1n) is 6.46. The van der Waals surface area contributed by atoms with Gasteiger partial charge in [0.15, 0.2) is 0 Å². The van der Waals surface area contributed by atoms with Crippen LogP contribution in [0, 0.1) is 0 Å². The molecule has 0 aliphatic carbocycles. The van der Waals surface area contributed by atoms with Gasteiger partial charge in [0.25, 0.3) is 0 Å². The number of anilines is 1. The quantitative estimate of drug-likeness (QED) is 0.830. The molecule has 2 unspecified atom stereocenters. The third-order valence-electron chi connectivity index (χ3n) is 2.81. The van der Waals surface area contributed by atoms with E-state index in [0.29, 0.717) is 10.0 Å². The van der Waals surface area contributed by atoms with Crippen molar-refractivity contribution < 1.29 is 4.79 Å². The molecule has 2 atom stereocenters. The van der Waals surface area contributed by atoms with E-state index in [2.05, 4.69) is 17.6 Å². The second kappa shape index (κ2) is 7.61. The van der Waals surface area contributed by atoms with E-state index >= 15 is 0 Å². The number of benzene rings is 1. The molecule has 0 aliphatic rings. The zero-order valence-electron chi connectivity index (χ0n) is 11.5. The van der Waals surface area contributed by atoms with E-state index in [4.69, 9.17) is 23.2 Å². The van der Waals surface area contributed by atoms with Gasteiger partial charge in [-0.1, -0.05) is 36.5 Å². The number of halogens is 2. The van der Waals surface area contributed by atoms with Gasteiger partial charge >= 0.3 is 0 Å². The van der Waals surface area contributed by atoms with Crippen LogP contribution in [0.25, 0.3) is 0 Å². The second-order valence-electron chi connectivity index (χ2n) is 4.69. The van der Waals surface area contributed by atoms with E-state index < -0.39 is 0 Å². The van der Waals surface area contributed by atoms with Crippen LogP contribution in [-0.4, -0.2) is 18.0 Å². The molecule has 5 heteroatoms. The Balaban J connectivity index is 2.56. The monoisotopic (exact) mass is 302 g/mol. The Bertz CT molecular complexity index is 437. The molecule has 0 heterocycles. The molecule has 1 amide bonds. The summed E-state index contributed by atoms with van der Waals surface area (Å²) >= 11 is 11.8. The summed E-state index contributed by atoms with van der Waals surface area (Å²) in [5.41, 5.74) is 0.778. The molecule has 106 valence electrons. The van der Waals surface area contributed by atoms with Crippen LogP contribution < -0.4 is 10.6 Å². The van der Waals surface area contributed by atoms with E-state index in [1.54, 1.807) is 18.2 Å². The Morgan fingerprint density at radius 1 is 1.26 bits per heavy atom. The molecule has 0 aromatic heterocycles. The number of hydrogen-bond donors (Lipinski definition) is 2. The second-order valence-corrected chi connectivity index (χ2v) is 5.51. The SMILES string of the molecule is CCCC(C)NC(=O)C(C)Nc1ccc(Cl)c(Cl)c1. The zero-order chi connectivity index (χ0) is 14.4. The van der Waals surface area contributed by atoms with Gasteiger partial charge in [0.2, 0.25) is 5.91 Å². The first-order valence-corrected chi connectivity index (χ1v) is 7.21. The summed E-state index contributed by atoms with van der Waals surface area (Å²) in [7, 11) is 0. The molecule has 0 aliphatic heterocycles. The van der Waals surface area contributed by atoms with Crippen molar-refractivity contribution in [3.63, 3.8) is 0 Å². The van der Waals surface area contributed by atoms with Crippen LogP contribution in [0.1, 0.15) is 33.6 Å². The maximum absolute atomic E-state index is 12.0. The summed E-state index contributed by atoms with van der Waals surface area (Å²) in [4.78, 5) is 12.0. The van der Waals surface area contributed by atoms with Crippen molar-refractivity contribution in [2.24, 2.45) is 0 Å². The number of carbonyl (C=O) groups is 1. The number of rotatable bonds is 6. The van der Waals surface area contributed by atoms with Gasteiger partial charge in [-0.3, -0.25) is 4.79 Å². The molecule has 0 saturated heterocycles. The van der Waals surface area contributed by atoms with Gasteiger partial charge < -0.3 is 10.6 Å². The predicted octanol–water partition coefficient (Wildman–Crippen LogP) is 4.10. The van der Waals surface area contributed by atoms with Crippen molar-refractivity contribution in [1.29, 1.82) is 0 Å². The first kappa shape index (κ1) is 16.1. The van der Waals surface area contributed by atoms with Gasteiger partial charge in [-0.2, -0.15) is 0 Å². The Morgan fingerprint density at radius 2 is 1.95 bits per heavy atom. The molecule has 0 saturated carbocycles. The van der Waals surface area contributed by atoms with Crippen molar-refractivity contribution in [2.45, 2.75) is 45.7 Å². The number of nitrogens with one attached hydrogen (secondary N) is 2. The number of hydrogen-bond acceptors (Lipinski definition) is 2. The predicted molar refractivity (Wildman–Crippen MR) is 82.1 cm³/mol. The van der Waals surface area contributed by atoms with E-state index in [0.717, 1.165) is 18.5 Å². The normalized spacial score (nSPS) is 13.7. The molecule has 0 bridgehead atoms. The van der Waals surface area contributed by atoms with Crippen LogP contribution in [0.2, 0.25) is 10.0 Å². The lowest BCUT2D eigenvalue weighted by molar-refractivity contribution is -0.122. The average Bonchev–Trinajstić information content (AvgIpc) is 2.34. The smallest absolute Gasteiger partial charge is 0.242 e. The minimum atomic E-state index is -0.323. The Morgan fingerprint density at radius 3 is 2.53 bits per heavy atom. The molecule has 1 aromatic rings. The Labute approximate surface area is 124 Å². The van der Waals surface area contributed by atoms with Gasteiger partial charge in [-0.25, -0.2) is 0 Å². The average molecular weight is 303 g/mol. The maximum Gasteiger partial charge on any atom is 0.242 e. The molecular weight excluding hydrogens is 283 g/mol. The Kier molecular flexibility index (Phi) is 6.46. The van der Waals surface area contributed by atoms with Gasteiger partial charge in [0.05, 0.1) is 10.0 Å². The summed E-state index contributed by atoms with van der Waals surface area (Å²) in [6.07, 6.45) is 2.03. The standard InChI is InChI=1S/C14H20Cl2N2O/c1-4-5-9(2)17-14(19)10(3)18-11-6-7-12(15)13(16)8-11/h6-10,18H,4-5H2,1-3H3,(H,17,19). The lowest BCUT2D eigenvalue weighted by atomic mass is 10.2. The maximum atomic E-state index is 12.0. The van der Waals surface area contributed by atoms with Gasteiger partial charge in [0, 0.05) is 11.7 Å². The lowest BCUT2D eigenvalue weighted by Crippen LogP contribution is -2.42. The van der Waals surface area contributed by atoms with E-state index in [-0.39, 0.29) is 18.0 Å². The number of carbonyl (C=O) groups excluding carboxylic acids is 1. The van der Waals surface area contributed by atoms with E-state index in [1.165, 1.54) is 0 Å². The fraction of sp³-hybridized carbons (Fsp3) is 0.500. The highest BCUT2D eigenvalue weighted by molar-refractivity contribution is 6.42. The lowest BCUT2D eigenvalue weighted by Gasteiger charge is -2.19. The van der Waals surface area contributed by atoms with Crippen LogP contribution in [0.4, 0.5) is 5.69 Å². The fourth-order valence-corrected chi connectivity index (χ4v) is 2.07. The molecule has 1 rings (SSSR count). The van der Waals surface area contributed by atoms with Crippen LogP contribution in [-0.2, 0) is 4.79 Å². The topological polar surface area (TPSA) is 41.1 Å². The summed E-state index contributed by atoms with van der Waals surface area (Å²) in [6.45, 7) is 5.92. The van der Waals surface area contributed by atoms with Crippen molar-refractivity contribution >= 4 is 34.8 Å². The van der Waals surface area contributed by atoms with Gasteiger partial charge in [0.1, 0.15) is 6.04 Å². The van der Waals surface area contributed by atoms with Crippen LogP contribution in [0.15, 0.2) is 18.2 Å². The van der Waals surface area contributed by atoms with E-state index in [9.17, 15) is 4.79 Å². The highest BCUT2D eigenvalue weighted by Gasteiger charge is 2.14. The van der Waals surface area contributed by atoms with Gasteiger partial charge in [-0.15, -0.1) is 0 Å². The molecule has 0 spiro atoms. The summed E-state index contributed by atoms with van der Waals surface area (Å²) < 4.78 is 0. The zero-order valence-corrected chi connectivity index (χ0v) is 13.0. The summed E-state index contributed by atoms with van der Waals surface area (Å²) in [6, 6.07) is 5.08. The minimum absolute atomic E-state index is 0.0213. The van der Waals surface area contributed by atoms with Gasteiger partial charge in [-0.05, 0) is 38.5 Å². The molecule has 0 radical (unpaired) electrons. The minimum Gasteiger partial charge on any atom is -0.374 e. The largest absolute Gasteiger partial charge is 0.374 e.